The Kier molecular flexibility index (Phi) is 6.86. The second kappa shape index (κ2) is 9.85. The molecule has 9 heteroatoms. The molecule has 1 aromatic carbocycles. The largest absolute Gasteiger partial charge is 0.373 e. The average molecular weight is 534 g/mol. The Labute approximate surface area is 224 Å². The molecule has 0 unspecified atom stereocenters. The van der Waals surface area contributed by atoms with Crippen molar-refractivity contribution in [1.82, 2.24) is 15.0 Å². The van der Waals surface area contributed by atoms with Crippen LogP contribution in [0.3, 0.4) is 0 Å². The fraction of sp³-hybridized carbons (Fsp3) is 0.448. The van der Waals surface area contributed by atoms with Gasteiger partial charge in [-0.1, -0.05) is 19.9 Å². The van der Waals surface area contributed by atoms with Crippen molar-refractivity contribution >= 4 is 32.6 Å². The highest BCUT2D eigenvalue weighted by atomic mass is 32.2. The number of ether oxygens (including phenoxy) is 1. The van der Waals surface area contributed by atoms with Crippen LogP contribution in [-0.4, -0.2) is 41.9 Å². The predicted molar refractivity (Wildman–Crippen MR) is 150 cm³/mol. The van der Waals surface area contributed by atoms with Crippen molar-refractivity contribution in [3.63, 3.8) is 0 Å². The fourth-order valence-electron chi connectivity index (χ4n) is 4.98. The van der Waals surface area contributed by atoms with Crippen LogP contribution in [0.5, 0.6) is 0 Å². The number of nitrogens with zero attached hydrogens (tertiary/aromatic N) is 4. The third kappa shape index (κ3) is 5.63. The first-order valence-electron chi connectivity index (χ1n) is 13.0. The number of sulfone groups is 1. The van der Waals surface area contributed by atoms with Crippen molar-refractivity contribution in [2.24, 2.45) is 10.4 Å². The molecule has 0 radical (unpaired) electrons. The zero-order valence-corrected chi connectivity index (χ0v) is 23.7. The standard InChI is InChI=1S/C29H35N5O3S/c1-17-11-24-28(31-17)25(14-21(33-24)13-22-15-30-18(2)19(3)32-22)34-23-8-7-20(12-27(23)38(6,35)36)26-9-10-29(4,5)16-37-26/h7-8,12,14-15,26H,9-11,13,16H2,1-6H3,(H,33,34)/t26-/m1/s1. The lowest BCUT2D eigenvalue weighted by atomic mass is 9.84. The molecule has 200 valence electrons. The van der Waals surface area contributed by atoms with Crippen LogP contribution in [0.4, 0.5) is 17.1 Å². The van der Waals surface area contributed by atoms with Crippen LogP contribution in [0, 0.1) is 19.3 Å². The van der Waals surface area contributed by atoms with Gasteiger partial charge in [0.25, 0.3) is 0 Å². The van der Waals surface area contributed by atoms with E-state index in [1.54, 1.807) is 12.3 Å². The molecule has 0 amide bonds. The van der Waals surface area contributed by atoms with Crippen LogP contribution >= 0.6 is 0 Å². The molecular weight excluding hydrogens is 498 g/mol. The van der Waals surface area contributed by atoms with E-state index < -0.39 is 9.84 Å². The molecule has 3 aromatic rings. The minimum atomic E-state index is -3.52. The number of pyridine rings is 1. The van der Waals surface area contributed by atoms with Crippen LogP contribution in [0.25, 0.3) is 0 Å². The van der Waals surface area contributed by atoms with Crippen LogP contribution in [0.2, 0.25) is 0 Å². The number of rotatable bonds is 6. The van der Waals surface area contributed by atoms with Crippen molar-refractivity contribution in [2.75, 3.05) is 18.2 Å². The maximum absolute atomic E-state index is 12.9. The van der Waals surface area contributed by atoms with E-state index in [1.165, 1.54) is 6.26 Å². The van der Waals surface area contributed by atoms with E-state index in [-0.39, 0.29) is 16.4 Å². The predicted octanol–water partition coefficient (Wildman–Crippen LogP) is 5.75. The molecule has 1 saturated heterocycles. The van der Waals surface area contributed by atoms with Crippen LogP contribution in [0.15, 0.2) is 40.4 Å². The molecule has 38 heavy (non-hydrogen) atoms. The number of aryl methyl sites for hydroxylation is 2. The SMILES string of the molecule is CC1=Nc2c(Nc3ccc([C@H]4CCC(C)(C)CO4)cc3S(C)(=O)=O)cc(Cc3cnc(C)c(C)n3)nc2C1. The van der Waals surface area contributed by atoms with Gasteiger partial charge in [-0.15, -0.1) is 0 Å². The number of benzene rings is 1. The zero-order valence-electron chi connectivity index (χ0n) is 22.9. The Morgan fingerprint density at radius 2 is 1.84 bits per heavy atom. The first kappa shape index (κ1) is 26.4. The van der Waals surface area contributed by atoms with Crippen molar-refractivity contribution < 1.29 is 13.2 Å². The van der Waals surface area contributed by atoms with Gasteiger partial charge in [0.05, 0.1) is 51.8 Å². The van der Waals surface area contributed by atoms with Gasteiger partial charge in [0.1, 0.15) is 5.69 Å². The first-order valence-corrected chi connectivity index (χ1v) is 14.9. The molecule has 4 heterocycles. The lowest BCUT2D eigenvalue weighted by Gasteiger charge is -2.35. The number of fused-ring (bicyclic) bond motifs is 1. The van der Waals surface area contributed by atoms with E-state index in [2.05, 4.69) is 29.1 Å². The lowest BCUT2D eigenvalue weighted by molar-refractivity contribution is -0.0499. The van der Waals surface area contributed by atoms with E-state index in [0.29, 0.717) is 25.1 Å². The summed E-state index contributed by atoms with van der Waals surface area (Å²) in [7, 11) is -3.52. The van der Waals surface area contributed by atoms with Gasteiger partial charge in [0, 0.05) is 36.7 Å². The molecule has 5 rings (SSSR count). The molecule has 1 N–H and O–H groups in total. The second-order valence-electron chi connectivity index (χ2n) is 11.3. The normalized spacial score (nSPS) is 18.7. The van der Waals surface area contributed by atoms with Gasteiger partial charge >= 0.3 is 0 Å². The van der Waals surface area contributed by atoms with E-state index in [4.69, 9.17) is 14.7 Å². The summed E-state index contributed by atoms with van der Waals surface area (Å²) in [5, 5.41) is 3.39. The number of hydrogen-bond donors (Lipinski definition) is 1. The summed E-state index contributed by atoms with van der Waals surface area (Å²) >= 11 is 0. The van der Waals surface area contributed by atoms with E-state index in [9.17, 15) is 8.42 Å². The lowest BCUT2D eigenvalue weighted by Crippen LogP contribution is -2.27. The molecule has 0 spiro atoms. The Morgan fingerprint density at radius 1 is 1.05 bits per heavy atom. The molecule has 0 saturated carbocycles. The third-order valence-corrected chi connectivity index (χ3v) is 8.39. The molecule has 8 nitrogen and oxygen atoms in total. The van der Waals surface area contributed by atoms with Gasteiger partial charge in [-0.05, 0) is 62.8 Å². The highest BCUT2D eigenvalue weighted by molar-refractivity contribution is 7.90. The smallest absolute Gasteiger partial charge is 0.177 e. The maximum Gasteiger partial charge on any atom is 0.177 e. The Balaban J connectivity index is 1.50. The molecule has 2 aliphatic rings. The Bertz CT molecular complexity index is 1540. The topological polar surface area (TPSA) is 106 Å². The highest BCUT2D eigenvalue weighted by Crippen LogP contribution is 2.41. The number of aliphatic imine (C=N–C) groups is 1. The summed E-state index contributed by atoms with van der Waals surface area (Å²) in [5.74, 6) is 0. The van der Waals surface area contributed by atoms with Gasteiger partial charge in [0.2, 0.25) is 0 Å². The van der Waals surface area contributed by atoms with E-state index >= 15 is 0 Å². The summed E-state index contributed by atoms with van der Waals surface area (Å²) in [6.07, 6.45) is 5.97. The van der Waals surface area contributed by atoms with Crippen molar-refractivity contribution in [3.05, 3.63) is 64.5 Å². The summed E-state index contributed by atoms with van der Waals surface area (Å²) in [4.78, 5) is 18.9. The number of aromatic nitrogens is 3. The Morgan fingerprint density at radius 3 is 2.53 bits per heavy atom. The van der Waals surface area contributed by atoms with Crippen molar-refractivity contribution in [3.8, 4) is 0 Å². The summed E-state index contributed by atoms with van der Waals surface area (Å²) in [5.41, 5.74) is 8.30. The monoisotopic (exact) mass is 533 g/mol. The van der Waals surface area contributed by atoms with Gasteiger partial charge in [-0.3, -0.25) is 19.9 Å². The second-order valence-corrected chi connectivity index (χ2v) is 13.3. The van der Waals surface area contributed by atoms with E-state index in [0.717, 1.165) is 64.0 Å². The highest BCUT2D eigenvalue weighted by Gasteiger charge is 2.29. The molecular formula is C29H35N5O3S. The van der Waals surface area contributed by atoms with Gasteiger partial charge in [-0.25, -0.2) is 8.42 Å². The Hall–Kier alpha value is -3.17. The van der Waals surface area contributed by atoms with Crippen molar-refractivity contribution in [1.29, 1.82) is 0 Å². The minimum absolute atomic E-state index is 0.110. The number of nitrogens with one attached hydrogen (secondary N) is 1. The first-order chi connectivity index (χ1) is 17.9. The molecule has 1 atom stereocenters. The summed E-state index contributed by atoms with van der Waals surface area (Å²) in [6, 6.07) is 7.48. The van der Waals surface area contributed by atoms with Crippen molar-refractivity contribution in [2.45, 2.75) is 71.3 Å². The fourth-order valence-corrected chi connectivity index (χ4v) is 5.85. The summed E-state index contributed by atoms with van der Waals surface area (Å²) in [6.45, 7) is 10.9. The van der Waals surface area contributed by atoms with Crippen LogP contribution < -0.4 is 5.32 Å². The third-order valence-electron chi connectivity index (χ3n) is 7.25. The zero-order chi connectivity index (χ0) is 27.2. The molecule has 2 aromatic heterocycles. The number of anilines is 2. The maximum atomic E-state index is 12.9. The van der Waals surface area contributed by atoms with Gasteiger partial charge < -0.3 is 10.1 Å². The van der Waals surface area contributed by atoms with Gasteiger partial charge in [-0.2, -0.15) is 0 Å². The quantitative estimate of drug-likeness (QED) is 0.430. The van der Waals surface area contributed by atoms with Crippen LogP contribution in [-0.2, 0) is 27.4 Å². The van der Waals surface area contributed by atoms with Gasteiger partial charge in [0.15, 0.2) is 9.84 Å². The average Bonchev–Trinajstić information content (AvgIpc) is 3.21. The molecule has 0 aliphatic carbocycles. The van der Waals surface area contributed by atoms with E-state index in [1.807, 2.05) is 39.0 Å². The minimum Gasteiger partial charge on any atom is -0.373 e. The number of hydrogen-bond acceptors (Lipinski definition) is 8. The summed E-state index contributed by atoms with van der Waals surface area (Å²) < 4.78 is 31.9. The molecule has 2 aliphatic heterocycles. The molecule has 1 fully saturated rings. The van der Waals surface area contributed by atoms with Crippen LogP contribution in [0.1, 0.15) is 73.7 Å². The molecule has 0 bridgehead atoms.